The van der Waals surface area contributed by atoms with E-state index in [1.807, 2.05) is 24.4 Å². The summed E-state index contributed by atoms with van der Waals surface area (Å²) in [6, 6.07) is 10.3. The van der Waals surface area contributed by atoms with E-state index in [1.165, 1.54) is 5.56 Å². The van der Waals surface area contributed by atoms with E-state index < -0.39 is 0 Å². The molecule has 0 aliphatic carbocycles. The minimum absolute atomic E-state index is 0.180. The highest BCUT2D eigenvalue weighted by Gasteiger charge is 2.21. The van der Waals surface area contributed by atoms with Crippen molar-refractivity contribution in [1.82, 2.24) is 10.3 Å². The van der Waals surface area contributed by atoms with E-state index in [2.05, 4.69) is 36.3 Å². The van der Waals surface area contributed by atoms with Gasteiger partial charge < -0.3 is 14.8 Å². The van der Waals surface area contributed by atoms with Crippen LogP contribution in [-0.4, -0.2) is 18.2 Å². The van der Waals surface area contributed by atoms with Crippen LogP contribution in [0.3, 0.4) is 0 Å². The van der Waals surface area contributed by atoms with E-state index in [1.54, 1.807) is 7.11 Å². The third-order valence-electron chi connectivity index (χ3n) is 4.03. The number of methoxy groups -OCH3 is 1. The summed E-state index contributed by atoms with van der Waals surface area (Å²) >= 11 is 0. The molecule has 2 aromatic rings. The molecule has 116 valence electrons. The Bertz CT molecular complexity index is 643. The second kappa shape index (κ2) is 6.36. The van der Waals surface area contributed by atoms with Crippen LogP contribution in [0.1, 0.15) is 36.7 Å². The maximum atomic E-state index is 5.84. The molecule has 0 saturated heterocycles. The average Bonchev–Trinajstić information content (AvgIpc) is 2.91. The smallest absolute Gasteiger partial charge is 0.123 e. The van der Waals surface area contributed by atoms with E-state index in [0.29, 0.717) is 6.54 Å². The van der Waals surface area contributed by atoms with E-state index >= 15 is 0 Å². The van der Waals surface area contributed by atoms with Crippen molar-refractivity contribution in [3.05, 3.63) is 53.3 Å². The van der Waals surface area contributed by atoms with Gasteiger partial charge in [-0.15, -0.1) is 0 Å². The number of ether oxygens (including phenoxy) is 2. The molecule has 0 saturated carbocycles. The maximum Gasteiger partial charge on any atom is 0.123 e. The van der Waals surface area contributed by atoms with Crippen molar-refractivity contribution in [3.63, 3.8) is 0 Å². The van der Waals surface area contributed by atoms with Crippen LogP contribution in [0.4, 0.5) is 0 Å². The summed E-state index contributed by atoms with van der Waals surface area (Å²) in [7, 11) is 1.71. The Morgan fingerprint density at radius 3 is 3.00 bits per heavy atom. The Kier molecular flexibility index (Phi) is 4.29. The molecule has 2 heterocycles. The van der Waals surface area contributed by atoms with Crippen molar-refractivity contribution in [1.29, 1.82) is 0 Å². The first kappa shape index (κ1) is 14.9. The van der Waals surface area contributed by atoms with E-state index in [9.17, 15) is 0 Å². The Balaban J connectivity index is 1.74. The first-order chi connectivity index (χ1) is 10.7. The van der Waals surface area contributed by atoms with Gasteiger partial charge in [0.25, 0.3) is 0 Å². The SMILES string of the molecule is COc1cc2c(cc1CN[C@@H](C)c1ccccn1)O[C@@H](C)C2. The zero-order valence-corrected chi connectivity index (χ0v) is 13.3. The molecule has 0 spiro atoms. The summed E-state index contributed by atoms with van der Waals surface area (Å²) in [5.74, 6) is 1.90. The zero-order valence-electron chi connectivity index (χ0n) is 13.3. The third-order valence-corrected chi connectivity index (χ3v) is 4.03. The number of hydrogen-bond acceptors (Lipinski definition) is 4. The maximum absolute atomic E-state index is 5.84. The molecule has 4 nitrogen and oxygen atoms in total. The number of nitrogens with zero attached hydrogens (tertiary/aromatic N) is 1. The summed E-state index contributed by atoms with van der Waals surface area (Å²) in [5.41, 5.74) is 3.37. The summed E-state index contributed by atoms with van der Waals surface area (Å²) in [5, 5.41) is 3.49. The number of benzene rings is 1. The first-order valence-corrected chi connectivity index (χ1v) is 7.68. The highest BCUT2D eigenvalue weighted by atomic mass is 16.5. The van der Waals surface area contributed by atoms with Gasteiger partial charge in [-0.3, -0.25) is 4.98 Å². The summed E-state index contributed by atoms with van der Waals surface area (Å²) in [4.78, 5) is 4.38. The van der Waals surface area contributed by atoms with Gasteiger partial charge in [-0.05, 0) is 38.1 Å². The van der Waals surface area contributed by atoms with Crippen LogP contribution in [0.25, 0.3) is 0 Å². The lowest BCUT2D eigenvalue weighted by Gasteiger charge is -2.16. The van der Waals surface area contributed by atoms with Crippen molar-refractivity contribution in [3.8, 4) is 11.5 Å². The average molecular weight is 298 g/mol. The van der Waals surface area contributed by atoms with Crippen molar-refractivity contribution in [2.24, 2.45) is 0 Å². The van der Waals surface area contributed by atoms with Crippen molar-refractivity contribution in [2.75, 3.05) is 7.11 Å². The van der Waals surface area contributed by atoms with Crippen LogP contribution in [0.5, 0.6) is 11.5 Å². The van der Waals surface area contributed by atoms with Gasteiger partial charge in [0, 0.05) is 36.3 Å². The molecule has 0 fully saturated rings. The van der Waals surface area contributed by atoms with Gasteiger partial charge in [-0.25, -0.2) is 0 Å². The molecular formula is C18H22N2O2. The van der Waals surface area contributed by atoms with E-state index in [0.717, 1.165) is 29.2 Å². The zero-order chi connectivity index (χ0) is 15.5. The fourth-order valence-corrected chi connectivity index (χ4v) is 2.81. The quantitative estimate of drug-likeness (QED) is 0.920. The van der Waals surface area contributed by atoms with E-state index in [4.69, 9.17) is 9.47 Å². The molecule has 22 heavy (non-hydrogen) atoms. The lowest BCUT2D eigenvalue weighted by atomic mass is 10.1. The molecule has 1 aliphatic rings. The van der Waals surface area contributed by atoms with Crippen LogP contribution in [0.2, 0.25) is 0 Å². The highest BCUT2D eigenvalue weighted by Crippen LogP contribution is 2.35. The van der Waals surface area contributed by atoms with Gasteiger partial charge >= 0.3 is 0 Å². The number of pyridine rings is 1. The lowest BCUT2D eigenvalue weighted by molar-refractivity contribution is 0.254. The summed E-state index contributed by atoms with van der Waals surface area (Å²) in [6.07, 6.45) is 3.01. The van der Waals surface area contributed by atoms with E-state index in [-0.39, 0.29) is 12.1 Å². The van der Waals surface area contributed by atoms with Crippen molar-refractivity contribution in [2.45, 2.75) is 39.0 Å². The molecule has 0 amide bonds. The molecule has 1 aromatic heterocycles. The Morgan fingerprint density at radius 2 is 2.27 bits per heavy atom. The van der Waals surface area contributed by atoms with Gasteiger partial charge in [0.1, 0.15) is 17.6 Å². The molecule has 0 radical (unpaired) electrons. The molecule has 0 unspecified atom stereocenters. The number of rotatable bonds is 5. The molecule has 0 bridgehead atoms. The first-order valence-electron chi connectivity index (χ1n) is 7.68. The van der Waals surface area contributed by atoms with Crippen LogP contribution < -0.4 is 14.8 Å². The molecule has 3 rings (SSSR count). The Labute approximate surface area is 131 Å². The molecular weight excluding hydrogens is 276 g/mol. The van der Waals surface area contributed by atoms with Crippen molar-refractivity contribution >= 4 is 0 Å². The minimum Gasteiger partial charge on any atom is -0.496 e. The fraction of sp³-hybridized carbons (Fsp3) is 0.389. The fourth-order valence-electron chi connectivity index (χ4n) is 2.81. The molecule has 4 heteroatoms. The van der Waals surface area contributed by atoms with Crippen LogP contribution in [0.15, 0.2) is 36.5 Å². The minimum atomic E-state index is 0.180. The number of nitrogens with one attached hydrogen (secondary N) is 1. The number of fused-ring (bicyclic) bond motifs is 1. The summed E-state index contributed by atoms with van der Waals surface area (Å²) in [6.45, 7) is 4.92. The van der Waals surface area contributed by atoms with Crippen LogP contribution in [-0.2, 0) is 13.0 Å². The lowest BCUT2D eigenvalue weighted by Crippen LogP contribution is -2.19. The predicted molar refractivity (Wildman–Crippen MR) is 86.3 cm³/mol. The Morgan fingerprint density at radius 1 is 1.41 bits per heavy atom. The molecule has 1 aromatic carbocycles. The van der Waals surface area contributed by atoms with Gasteiger partial charge in [-0.2, -0.15) is 0 Å². The largest absolute Gasteiger partial charge is 0.496 e. The molecule has 2 atom stereocenters. The second-order valence-electron chi connectivity index (χ2n) is 5.76. The second-order valence-corrected chi connectivity index (χ2v) is 5.76. The molecule has 1 aliphatic heterocycles. The van der Waals surface area contributed by atoms with Crippen LogP contribution >= 0.6 is 0 Å². The van der Waals surface area contributed by atoms with Gasteiger partial charge in [0.15, 0.2) is 0 Å². The number of hydrogen-bond donors (Lipinski definition) is 1. The standard InChI is InChI=1S/C18H22N2O2/c1-12-8-14-9-17(21-3)15(10-18(14)22-12)11-20-13(2)16-6-4-5-7-19-16/h4-7,9-10,12-13,20H,8,11H2,1-3H3/t12-,13-/m0/s1. The Hall–Kier alpha value is -2.07. The molecule has 1 N–H and O–H groups in total. The van der Waals surface area contributed by atoms with Gasteiger partial charge in [0.05, 0.1) is 12.8 Å². The topological polar surface area (TPSA) is 43.4 Å². The summed E-state index contributed by atoms with van der Waals surface area (Å²) < 4.78 is 11.4. The van der Waals surface area contributed by atoms with Gasteiger partial charge in [-0.1, -0.05) is 6.07 Å². The normalized spacial score (nSPS) is 17.7. The van der Waals surface area contributed by atoms with Gasteiger partial charge in [0.2, 0.25) is 0 Å². The predicted octanol–water partition coefficient (Wildman–Crippen LogP) is 3.26. The van der Waals surface area contributed by atoms with Crippen molar-refractivity contribution < 1.29 is 9.47 Å². The highest BCUT2D eigenvalue weighted by molar-refractivity contribution is 5.48. The monoisotopic (exact) mass is 298 g/mol. The third kappa shape index (κ3) is 3.07. The number of aromatic nitrogens is 1. The van der Waals surface area contributed by atoms with Crippen LogP contribution in [0, 0.1) is 0 Å².